The summed E-state index contributed by atoms with van der Waals surface area (Å²) in [7, 11) is 0. The first kappa shape index (κ1) is 15.4. The Kier molecular flexibility index (Phi) is 4.87. The third-order valence-corrected chi connectivity index (χ3v) is 2.79. The molecule has 19 heavy (non-hydrogen) atoms. The lowest BCUT2D eigenvalue weighted by Gasteiger charge is -2.11. The topological polar surface area (TPSA) is 75.4 Å². The number of benzene rings is 1. The normalized spacial score (nSPS) is 11.4. The molecule has 4 N–H and O–H groups in total. The minimum atomic E-state index is -4.33. The van der Waals surface area contributed by atoms with Crippen molar-refractivity contribution in [1.29, 1.82) is 0 Å². The number of nitrogens with one attached hydrogen (secondary N) is 1. The molecular formula is C10H10F4N2O2S. The summed E-state index contributed by atoms with van der Waals surface area (Å²) >= 11 is -0.220. The number of carboxylic acid groups (broad SMARTS) is 1. The minimum absolute atomic E-state index is 0.0455. The largest absolute Gasteiger partial charge is 0.478 e. The zero-order valence-corrected chi connectivity index (χ0v) is 10.2. The molecular weight excluding hydrogens is 288 g/mol. The highest BCUT2D eigenvalue weighted by molar-refractivity contribution is 8.00. The van der Waals surface area contributed by atoms with Gasteiger partial charge in [-0.25, -0.2) is 9.18 Å². The van der Waals surface area contributed by atoms with Crippen LogP contribution >= 0.6 is 11.8 Å². The zero-order chi connectivity index (χ0) is 14.6. The van der Waals surface area contributed by atoms with Crippen molar-refractivity contribution in [3.63, 3.8) is 0 Å². The number of nitrogens with two attached hydrogens (primary N) is 1. The zero-order valence-electron chi connectivity index (χ0n) is 9.42. The quantitative estimate of drug-likeness (QED) is 0.443. The van der Waals surface area contributed by atoms with Crippen LogP contribution in [0.1, 0.15) is 10.4 Å². The molecule has 106 valence electrons. The molecule has 0 amide bonds. The first-order valence-electron chi connectivity index (χ1n) is 4.97. The first-order chi connectivity index (χ1) is 8.70. The van der Waals surface area contributed by atoms with Gasteiger partial charge in [0.2, 0.25) is 0 Å². The number of carboxylic acids is 1. The van der Waals surface area contributed by atoms with E-state index in [1.165, 1.54) is 0 Å². The molecule has 0 atom stereocenters. The SMILES string of the molecule is Nc1cc(C(=O)O)c(F)cc1NCCSC(F)(F)F. The number of nitrogen functional groups attached to an aromatic ring is 1. The Bertz CT molecular complexity index is 479. The summed E-state index contributed by atoms with van der Waals surface area (Å²) in [5, 5.41) is 11.2. The molecule has 1 aromatic carbocycles. The molecule has 0 fully saturated rings. The molecule has 0 heterocycles. The number of rotatable bonds is 5. The molecule has 0 bridgehead atoms. The van der Waals surface area contributed by atoms with Crippen molar-refractivity contribution in [1.82, 2.24) is 0 Å². The van der Waals surface area contributed by atoms with E-state index in [-0.39, 0.29) is 35.4 Å². The van der Waals surface area contributed by atoms with Crippen molar-refractivity contribution in [2.75, 3.05) is 23.3 Å². The molecule has 0 aliphatic carbocycles. The summed E-state index contributed by atoms with van der Waals surface area (Å²) in [4.78, 5) is 10.6. The maximum atomic E-state index is 13.3. The van der Waals surface area contributed by atoms with Gasteiger partial charge >= 0.3 is 11.5 Å². The monoisotopic (exact) mass is 298 g/mol. The maximum absolute atomic E-state index is 13.3. The number of halogens is 4. The van der Waals surface area contributed by atoms with Crippen LogP contribution in [-0.4, -0.2) is 28.9 Å². The van der Waals surface area contributed by atoms with Crippen molar-refractivity contribution in [2.45, 2.75) is 5.51 Å². The van der Waals surface area contributed by atoms with Gasteiger partial charge in [0.15, 0.2) is 0 Å². The second-order valence-corrected chi connectivity index (χ2v) is 4.61. The Labute approximate surface area is 110 Å². The standard InChI is InChI=1S/C10H10F4N2O2S/c11-6-4-8(7(15)3-5(6)9(17)18)16-1-2-19-10(12,13)14/h3-4,16H,1-2,15H2,(H,17,18). The van der Waals surface area contributed by atoms with Crippen LogP contribution < -0.4 is 11.1 Å². The highest BCUT2D eigenvalue weighted by atomic mass is 32.2. The smallest absolute Gasteiger partial charge is 0.441 e. The first-order valence-corrected chi connectivity index (χ1v) is 5.96. The number of thioether (sulfide) groups is 1. The van der Waals surface area contributed by atoms with Gasteiger partial charge in [0.1, 0.15) is 5.82 Å². The van der Waals surface area contributed by atoms with Crippen LogP contribution in [0.4, 0.5) is 28.9 Å². The summed E-state index contributed by atoms with van der Waals surface area (Å²) < 4.78 is 48.9. The summed E-state index contributed by atoms with van der Waals surface area (Å²) in [6.07, 6.45) is 0. The summed E-state index contributed by atoms with van der Waals surface area (Å²) in [6.45, 7) is -0.0831. The third-order valence-electron chi connectivity index (χ3n) is 2.05. The fraction of sp³-hybridized carbons (Fsp3) is 0.300. The van der Waals surface area contributed by atoms with Crippen LogP contribution in [-0.2, 0) is 0 Å². The van der Waals surface area contributed by atoms with E-state index < -0.39 is 22.9 Å². The lowest BCUT2D eigenvalue weighted by Crippen LogP contribution is -2.12. The lowest BCUT2D eigenvalue weighted by atomic mass is 10.1. The van der Waals surface area contributed by atoms with Gasteiger partial charge in [0.05, 0.1) is 16.9 Å². The molecule has 0 saturated carbocycles. The number of hydrogen-bond donors (Lipinski definition) is 3. The summed E-state index contributed by atoms with van der Waals surface area (Å²) in [6, 6.07) is 1.76. The van der Waals surface area contributed by atoms with E-state index in [4.69, 9.17) is 10.8 Å². The Hall–Kier alpha value is -1.64. The van der Waals surface area contributed by atoms with E-state index in [1.807, 2.05) is 0 Å². The van der Waals surface area contributed by atoms with Crippen LogP contribution in [0.15, 0.2) is 12.1 Å². The van der Waals surface area contributed by atoms with E-state index in [0.717, 1.165) is 12.1 Å². The van der Waals surface area contributed by atoms with Gasteiger partial charge in [0.25, 0.3) is 0 Å². The molecule has 0 saturated heterocycles. The Morgan fingerprint density at radius 1 is 1.42 bits per heavy atom. The number of aromatic carboxylic acids is 1. The van der Waals surface area contributed by atoms with Gasteiger partial charge in [0, 0.05) is 12.3 Å². The molecule has 1 rings (SSSR count). The van der Waals surface area contributed by atoms with Gasteiger partial charge < -0.3 is 16.2 Å². The van der Waals surface area contributed by atoms with Gasteiger partial charge in [-0.15, -0.1) is 0 Å². The molecule has 0 aliphatic rings. The third kappa shape index (κ3) is 4.86. The lowest BCUT2D eigenvalue weighted by molar-refractivity contribution is -0.0327. The molecule has 1 aromatic rings. The van der Waals surface area contributed by atoms with Crippen LogP contribution in [0.5, 0.6) is 0 Å². The van der Waals surface area contributed by atoms with E-state index in [2.05, 4.69) is 5.32 Å². The van der Waals surface area contributed by atoms with Crippen LogP contribution in [0.3, 0.4) is 0 Å². The second kappa shape index (κ2) is 6.00. The van der Waals surface area contributed by atoms with Gasteiger partial charge in [-0.1, -0.05) is 0 Å². The van der Waals surface area contributed by atoms with E-state index in [1.54, 1.807) is 0 Å². The van der Waals surface area contributed by atoms with Gasteiger partial charge in [-0.2, -0.15) is 13.2 Å². The van der Waals surface area contributed by atoms with Gasteiger partial charge in [-0.05, 0) is 23.9 Å². The predicted octanol–water partition coefficient (Wildman–Crippen LogP) is 2.77. The van der Waals surface area contributed by atoms with Crippen molar-refractivity contribution in [3.8, 4) is 0 Å². The highest BCUT2D eigenvalue weighted by Crippen LogP contribution is 2.30. The average molecular weight is 298 g/mol. The number of alkyl halides is 3. The molecule has 0 radical (unpaired) electrons. The Morgan fingerprint density at radius 2 is 2.05 bits per heavy atom. The fourth-order valence-corrected chi connectivity index (χ4v) is 1.70. The maximum Gasteiger partial charge on any atom is 0.441 e. The second-order valence-electron chi connectivity index (χ2n) is 3.45. The van der Waals surface area contributed by atoms with E-state index in [9.17, 15) is 22.4 Å². The Balaban J connectivity index is 2.65. The summed E-state index contributed by atoms with van der Waals surface area (Å²) in [5.41, 5.74) is 0.572. The number of carbonyl (C=O) groups is 1. The van der Waals surface area contributed by atoms with Crippen LogP contribution in [0.2, 0.25) is 0 Å². The van der Waals surface area contributed by atoms with E-state index in [0.29, 0.717) is 0 Å². The van der Waals surface area contributed by atoms with Crippen molar-refractivity contribution < 1.29 is 27.5 Å². The Morgan fingerprint density at radius 3 is 2.58 bits per heavy atom. The summed E-state index contributed by atoms with van der Waals surface area (Å²) in [5.74, 6) is -2.75. The number of anilines is 2. The van der Waals surface area contributed by atoms with Crippen LogP contribution in [0, 0.1) is 5.82 Å². The molecule has 4 nitrogen and oxygen atoms in total. The van der Waals surface area contributed by atoms with Crippen LogP contribution in [0.25, 0.3) is 0 Å². The van der Waals surface area contributed by atoms with Crippen molar-refractivity contribution in [2.24, 2.45) is 0 Å². The van der Waals surface area contributed by atoms with Gasteiger partial charge in [-0.3, -0.25) is 0 Å². The molecule has 0 spiro atoms. The molecule has 9 heteroatoms. The van der Waals surface area contributed by atoms with Crippen molar-refractivity contribution in [3.05, 3.63) is 23.5 Å². The molecule has 0 aromatic heterocycles. The average Bonchev–Trinajstić information content (AvgIpc) is 2.26. The highest BCUT2D eigenvalue weighted by Gasteiger charge is 2.27. The molecule has 0 unspecified atom stereocenters. The number of hydrogen-bond acceptors (Lipinski definition) is 4. The minimum Gasteiger partial charge on any atom is -0.478 e. The molecule has 0 aliphatic heterocycles. The van der Waals surface area contributed by atoms with Crippen molar-refractivity contribution >= 4 is 29.1 Å². The van der Waals surface area contributed by atoms with E-state index >= 15 is 0 Å². The predicted molar refractivity (Wildman–Crippen MR) is 64.8 cm³/mol. The fourth-order valence-electron chi connectivity index (χ4n) is 1.26.